The number of aryl methyl sites for hydroxylation is 1. The molecule has 3 rings (SSSR count). The summed E-state index contributed by atoms with van der Waals surface area (Å²) < 4.78 is 16.5. The van der Waals surface area contributed by atoms with E-state index >= 15 is 0 Å². The van der Waals surface area contributed by atoms with Crippen molar-refractivity contribution < 1.29 is 28.6 Å². The quantitative estimate of drug-likeness (QED) is 0.193. The summed E-state index contributed by atoms with van der Waals surface area (Å²) in [5.74, 6) is -0.555. The third-order valence-corrected chi connectivity index (χ3v) is 6.16. The molecule has 1 atom stereocenters. The number of amides is 1. The summed E-state index contributed by atoms with van der Waals surface area (Å²) in [6, 6.07) is 18.5. The predicted molar refractivity (Wildman–Crippen MR) is 162 cm³/mol. The summed E-state index contributed by atoms with van der Waals surface area (Å²) in [6.07, 6.45) is 2.44. The summed E-state index contributed by atoms with van der Waals surface area (Å²) in [5.41, 5.74) is 3.41. The van der Waals surface area contributed by atoms with E-state index in [2.05, 4.69) is 15.6 Å². The van der Waals surface area contributed by atoms with E-state index in [0.717, 1.165) is 22.5 Å². The Bertz CT molecular complexity index is 1320. The van der Waals surface area contributed by atoms with Gasteiger partial charge in [0.25, 0.3) is 5.91 Å². The van der Waals surface area contributed by atoms with Gasteiger partial charge in [-0.25, -0.2) is 0 Å². The van der Waals surface area contributed by atoms with Crippen molar-refractivity contribution in [2.45, 2.75) is 53.1 Å². The Morgan fingerprint density at radius 2 is 1.76 bits per heavy atom. The molecule has 42 heavy (non-hydrogen) atoms. The lowest BCUT2D eigenvalue weighted by Gasteiger charge is -2.23. The number of carbonyl (C=O) groups is 3. The molecule has 0 aliphatic rings. The number of anilines is 1. The number of ether oxygens (including phenoxy) is 3. The molecule has 0 fully saturated rings. The van der Waals surface area contributed by atoms with Crippen LogP contribution < -0.4 is 15.4 Å². The fourth-order valence-electron chi connectivity index (χ4n) is 4.01. The van der Waals surface area contributed by atoms with Crippen molar-refractivity contribution in [2.24, 2.45) is 5.92 Å². The van der Waals surface area contributed by atoms with Gasteiger partial charge in [-0.15, -0.1) is 0 Å². The molecular formula is C33H41N3O6. The van der Waals surface area contributed by atoms with Crippen molar-refractivity contribution in [3.05, 3.63) is 78.0 Å². The Balaban J connectivity index is 1.56. The van der Waals surface area contributed by atoms with E-state index in [4.69, 9.17) is 14.2 Å². The fraction of sp³-hybridized carbons (Fsp3) is 0.394. The highest BCUT2D eigenvalue weighted by molar-refractivity contribution is 5.94. The van der Waals surface area contributed by atoms with Crippen molar-refractivity contribution in [1.82, 2.24) is 10.3 Å². The number of aromatic nitrogens is 1. The van der Waals surface area contributed by atoms with E-state index in [1.165, 1.54) is 0 Å². The Morgan fingerprint density at radius 1 is 1.00 bits per heavy atom. The molecule has 3 aromatic rings. The normalized spacial score (nSPS) is 11.7. The first-order valence-corrected chi connectivity index (χ1v) is 14.2. The number of rotatable bonds is 14. The number of benzene rings is 2. The Hall–Kier alpha value is -4.40. The molecule has 2 N–H and O–H groups in total. The van der Waals surface area contributed by atoms with Gasteiger partial charge in [0.2, 0.25) is 0 Å². The number of nitrogens with zero attached hydrogens (tertiary/aromatic N) is 1. The number of hydrogen-bond donors (Lipinski definition) is 2. The van der Waals surface area contributed by atoms with Crippen LogP contribution in [0.4, 0.5) is 5.69 Å². The Labute approximate surface area is 248 Å². The minimum Gasteiger partial charge on any atom is -0.492 e. The largest absolute Gasteiger partial charge is 0.492 e. The standard InChI is InChI=1S/C33H41N3O6/c1-6-40-30(37)17-15-25-14-16-27(21-29(25)36-22-23(2)32(39)42-33(3,4)5)41-20-19-35-31(38)26-12-10-24(11-13-26)28-9-7-8-18-34-28/h7-14,16,18,21,23,36H,6,15,17,19-20,22H2,1-5H3,(H,35,38). The zero-order valence-corrected chi connectivity index (χ0v) is 25.1. The van der Waals surface area contributed by atoms with Crippen LogP contribution in [-0.2, 0) is 25.5 Å². The van der Waals surface area contributed by atoms with E-state index in [0.29, 0.717) is 37.4 Å². The van der Waals surface area contributed by atoms with Crippen molar-refractivity contribution in [1.29, 1.82) is 0 Å². The van der Waals surface area contributed by atoms with Crippen LogP contribution in [0.2, 0.25) is 0 Å². The molecular weight excluding hydrogens is 534 g/mol. The van der Waals surface area contributed by atoms with Gasteiger partial charge in [-0.2, -0.15) is 0 Å². The maximum Gasteiger partial charge on any atom is 0.310 e. The van der Waals surface area contributed by atoms with Crippen molar-refractivity contribution in [2.75, 3.05) is 31.6 Å². The third-order valence-electron chi connectivity index (χ3n) is 6.16. The van der Waals surface area contributed by atoms with Gasteiger partial charge < -0.3 is 24.8 Å². The molecule has 0 bridgehead atoms. The topological polar surface area (TPSA) is 116 Å². The zero-order chi connectivity index (χ0) is 30.5. The molecule has 224 valence electrons. The highest BCUT2D eigenvalue weighted by Gasteiger charge is 2.22. The van der Waals surface area contributed by atoms with Crippen LogP contribution in [0.3, 0.4) is 0 Å². The minimum absolute atomic E-state index is 0.195. The van der Waals surface area contributed by atoms with E-state index in [1.54, 1.807) is 32.2 Å². The second-order valence-corrected chi connectivity index (χ2v) is 10.8. The molecule has 0 aliphatic heterocycles. The maximum atomic E-state index is 12.6. The molecule has 9 heteroatoms. The lowest BCUT2D eigenvalue weighted by molar-refractivity contribution is -0.158. The number of nitrogens with one attached hydrogen (secondary N) is 2. The van der Waals surface area contributed by atoms with Crippen LogP contribution in [0.25, 0.3) is 11.3 Å². The third kappa shape index (κ3) is 10.5. The summed E-state index contributed by atoms with van der Waals surface area (Å²) in [6.45, 7) is 10.3. The van der Waals surface area contributed by atoms with E-state index in [-0.39, 0.29) is 36.8 Å². The average Bonchev–Trinajstić information content (AvgIpc) is 2.97. The van der Waals surface area contributed by atoms with Gasteiger partial charge in [-0.1, -0.05) is 31.2 Å². The van der Waals surface area contributed by atoms with Gasteiger partial charge in [0, 0.05) is 42.0 Å². The van der Waals surface area contributed by atoms with Crippen molar-refractivity contribution in [3.63, 3.8) is 0 Å². The average molecular weight is 576 g/mol. The summed E-state index contributed by atoms with van der Waals surface area (Å²) in [7, 11) is 0. The highest BCUT2D eigenvalue weighted by atomic mass is 16.6. The van der Waals surface area contributed by atoms with Gasteiger partial charge in [-0.05, 0) is 70.0 Å². The molecule has 1 aromatic heterocycles. The molecule has 2 aromatic carbocycles. The monoisotopic (exact) mass is 575 g/mol. The van der Waals surface area contributed by atoms with Gasteiger partial charge in [-0.3, -0.25) is 19.4 Å². The van der Waals surface area contributed by atoms with Crippen LogP contribution in [0.15, 0.2) is 66.9 Å². The van der Waals surface area contributed by atoms with Gasteiger partial charge in [0.05, 0.1) is 24.8 Å². The molecule has 0 saturated heterocycles. The highest BCUT2D eigenvalue weighted by Crippen LogP contribution is 2.25. The first kappa shape index (κ1) is 32.1. The fourth-order valence-corrected chi connectivity index (χ4v) is 4.01. The molecule has 1 unspecified atom stereocenters. The van der Waals surface area contributed by atoms with E-state index < -0.39 is 5.60 Å². The molecule has 0 saturated carbocycles. The molecule has 1 heterocycles. The second kappa shape index (κ2) is 15.6. The van der Waals surface area contributed by atoms with Crippen molar-refractivity contribution in [3.8, 4) is 17.0 Å². The lowest BCUT2D eigenvalue weighted by Crippen LogP contribution is -2.30. The first-order chi connectivity index (χ1) is 20.1. The summed E-state index contributed by atoms with van der Waals surface area (Å²) in [4.78, 5) is 41.3. The minimum atomic E-state index is -0.567. The Morgan fingerprint density at radius 3 is 2.43 bits per heavy atom. The molecule has 1 amide bonds. The number of esters is 2. The van der Waals surface area contributed by atoms with Crippen LogP contribution >= 0.6 is 0 Å². The van der Waals surface area contributed by atoms with Crippen LogP contribution in [0, 0.1) is 5.92 Å². The van der Waals surface area contributed by atoms with Gasteiger partial charge >= 0.3 is 11.9 Å². The van der Waals surface area contributed by atoms with Crippen LogP contribution in [0.1, 0.15) is 57.0 Å². The summed E-state index contributed by atoms with van der Waals surface area (Å²) in [5, 5.41) is 6.19. The number of pyridine rings is 1. The molecule has 9 nitrogen and oxygen atoms in total. The SMILES string of the molecule is CCOC(=O)CCc1ccc(OCCNC(=O)c2ccc(-c3ccccn3)cc2)cc1NCC(C)C(=O)OC(C)(C)C. The number of hydrogen-bond acceptors (Lipinski definition) is 8. The second-order valence-electron chi connectivity index (χ2n) is 10.8. The van der Waals surface area contributed by atoms with Crippen LogP contribution in [-0.4, -0.2) is 54.7 Å². The zero-order valence-electron chi connectivity index (χ0n) is 25.1. The molecule has 0 spiro atoms. The smallest absolute Gasteiger partial charge is 0.310 e. The Kier molecular flexibility index (Phi) is 11.9. The predicted octanol–water partition coefficient (Wildman–Crippen LogP) is 5.44. The lowest BCUT2D eigenvalue weighted by atomic mass is 10.1. The van der Waals surface area contributed by atoms with Crippen LogP contribution in [0.5, 0.6) is 5.75 Å². The van der Waals surface area contributed by atoms with E-state index in [9.17, 15) is 14.4 Å². The number of carbonyl (C=O) groups excluding carboxylic acids is 3. The molecule has 0 radical (unpaired) electrons. The van der Waals surface area contributed by atoms with E-state index in [1.807, 2.05) is 69.3 Å². The van der Waals surface area contributed by atoms with Gasteiger partial charge in [0.15, 0.2) is 0 Å². The maximum absolute atomic E-state index is 12.6. The molecule has 0 aliphatic carbocycles. The summed E-state index contributed by atoms with van der Waals surface area (Å²) >= 11 is 0. The first-order valence-electron chi connectivity index (χ1n) is 14.2. The van der Waals surface area contributed by atoms with Crippen molar-refractivity contribution >= 4 is 23.5 Å². The van der Waals surface area contributed by atoms with Gasteiger partial charge in [0.1, 0.15) is 18.0 Å².